The van der Waals surface area contributed by atoms with Crippen LogP contribution >= 0.6 is 0 Å². The number of ketones is 1. The number of hydrogen-bond acceptors (Lipinski definition) is 3. The second-order valence-corrected chi connectivity index (χ2v) is 11.7. The summed E-state index contributed by atoms with van der Waals surface area (Å²) in [4.78, 5) is 14.4. The average molecular weight is 253 g/mol. The molecule has 2 rings (SSSR count). The number of carbonyl (C=O) groups excluding carboxylic acids is 1. The highest BCUT2D eigenvalue weighted by molar-refractivity contribution is 6.84. The first-order valence-electron chi connectivity index (χ1n) is 6.33. The third kappa shape index (κ3) is 1.65. The van der Waals surface area contributed by atoms with Crippen LogP contribution < -0.4 is 0 Å². The van der Waals surface area contributed by atoms with Crippen molar-refractivity contribution in [2.24, 2.45) is 5.92 Å². The number of allylic oxidation sites excluding steroid dienone is 1. The summed E-state index contributed by atoms with van der Waals surface area (Å²) in [7, 11) is 2.55. The molecule has 4 heteroatoms. The second-order valence-electron chi connectivity index (χ2n) is 6.61. The van der Waals surface area contributed by atoms with Crippen molar-refractivity contribution in [1.29, 1.82) is 0 Å². The predicted molar refractivity (Wildman–Crippen MR) is 71.6 cm³/mol. The van der Waals surface area contributed by atoms with E-state index in [1.807, 2.05) is 20.2 Å². The molecule has 2 aliphatic rings. The van der Waals surface area contributed by atoms with Gasteiger partial charge in [-0.25, -0.2) is 0 Å². The summed E-state index contributed by atoms with van der Waals surface area (Å²) in [6, 6.07) is 0. The maximum Gasteiger partial charge on any atom is 0.163 e. The van der Waals surface area contributed by atoms with Crippen LogP contribution in [0.1, 0.15) is 12.8 Å². The molecule has 17 heavy (non-hydrogen) atoms. The van der Waals surface area contributed by atoms with Gasteiger partial charge in [-0.05, 0) is 33.0 Å². The molecule has 3 nitrogen and oxygen atoms in total. The lowest BCUT2D eigenvalue weighted by Crippen LogP contribution is -2.54. The lowest BCUT2D eigenvalue weighted by atomic mass is 9.87. The van der Waals surface area contributed by atoms with Gasteiger partial charge in [0.25, 0.3) is 0 Å². The molecule has 2 aliphatic carbocycles. The fraction of sp³-hybridized carbons (Fsp3) is 0.769. The molecule has 0 aliphatic heterocycles. The molecule has 0 aromatic heterocycles. The Kier molecular flexibility index (Phi) is 2.88. The fourth-order valence-electron chi connectivity index (χ4n) is 3.70. The van der Waals surface area contributed by atoms with Gasteiger partial charge >= 0.3 is 0 Å². The predicted octanol–water partition coefficient (Wildman–Crippen LogP) is 1.44. The number of fused-ring (bicyclic) bond motifs is 1. The van der Waals surface area contributed by atoms with Crippen molar-refractivity contribution in [3.05, 3.63) is 11.3 Å². The van der Waals surface area contributed by atoms with Crippen LogP contribution in [0, 0.1) is 5.92 Å². The summed E-state index contributed by atoms with van der Waals surface area (Å²) < 4.78 is 0. The largest absolute Gasteiger partial charge is 0.392 e. The maximum atomic E-state index is 12.2. The van der Waals surface area contributed by atoms with Crippen molar-refractivity contribution in [1.82, 2.24) is 4.90 Å². The molecule has 96 valence electrons. The van der Waals surface area contributed by atoms with Crippen molar-refractivity contribution in [3.8, 4) is 0 Å². The Labute approximate surface area is 105 Å². The minimum absolute atomic E-state index is 0.140. The average Bonchev–Trinajstić information content (AvgIpc) is 2.65. The van der Waals surface area contributed by atoms with E-state index >= 15 is 0 Å². The lowest BCUT2D eigenvalue weighted by Gasteiger charge is -2.43. The van der Waals surface area contributed by atoms with Crippen LogP contribution in [0.3, 0.4) is 0 Å². The summed E-state index contributed by atoms with van der Waals surface area (Å²) >= 11 is 0. The fourth-order valence-corrected chi connectivity index (χ4v) is 6.08. The van der Waals surface area contributed by atoms with E-state index in [1.54, 1.807) is 0 Å². The van der Waals surface area contributed by atoms with Crippen molar-refractivity contribution in [2.75, 3.05) is 14.1 Å². The zero-order chi connectivity index (χ0) is 13.0. The topological polar surface area (TPSA) is 40.5 Å². The third-order valence-corrected chi connectivity index (χ3v) is 6.58. The van der Waals surface area contributed by atoms with E-state index in [-0.39, 0.29) is 17.2 Å². The zero-order valence-electron chi connectivity index (χ0n) is 11.4. The van der Waals surface area contributed by atoms with E-state index in [0.29, 0.717) is 0 Å². The van der Waals surface area contributed by atoms with Gasteiger partial charge in [0.1, 0.15) is 0 Å². The SMILES string of the molecule is CN(C)[C@@]12CC[C@@H](O)C1C(=O)C=C2[Si](C)(C)C. The number of aliphatic hydroxyl groups excluding tert-OH is 1. The van der Waals surface area contributed by atoms with Gasteiger partial charge in [-0.1, -0.05) is 24.8 Å². The summed E-state index contributed by atoms with van der Waals surface area (Å²) in [5.74, 6) is -0.0830. The van der Waals surface area contributed by atoms with Crippen molar-refractivity contribution in [2.45, 2.75) is 44.1 Å². The van der Waals surface area contributed by atoms with Crippen LogP contribution in [0.15, 0.2) is 11.3 Å². The van der Waals surface area contributed by atoms with Gasteiger partial charge < -0.3 is 5.11 Å². The lowest BCUT2D eigenvalue weighted by molar-refractivity contribution is -0.122. The molecule has 0 aromatic carbocycles. The Hall–Kier alpha value is -0.453. The van der Waals surface area contributed by atoms with Crippen LogP contribution in [0.4, 0.5) is 0 Å². The van der Waals surface area contributed by atoms with Gasteiger partial charge in [0.2, 0.25) is 0 Å². The van der Waals surface area contributed by atoms with E-state index < -0.39 is 14.2 Å². The molecule has 1 N–H and O–H groups in total. The first-order chi connectivity index (χ1) is 7.71. The van der Waals surface area contributed by atoms with E-state index in [4.69, 9.17) is 0 Å². The summed E-state index contributed by atoms with van der Waals surface area (Å²) in [6.45, 7) is 6.85. The minimum atomic E-state index is -1.53. The van der Waals surface area contributed by atoms with Gasteiger partial charge in [0, 0.05) is 0 Å². The van der Waals surface area contributed by atoms with Crippen LogP contribution in [0.25, 0.3) is 0 Å². The molecular formula is C13H23NO2Si. The first kappa shape index (κ1) is 13.0. The number of aliphatic hydroxyl groups is 1. The van der Waals surface area contributed by atoms with Crippen LogP contribution in [-0.2, 0) is 4.79 Å². The molecule has 0 heterocycles. The number of hydrogen-bond donors (Lipinski definition) is 1. The number of rotatable bonds is 2. The van der Waals surface area contributed by atoms with Crippen molar-refractivity contribution >= 4 is 13.9 Å². The number of carbonyl (C=O) groups is 1. The molecular weight excluding hydrogens is 230 g/mol. The highest BCUT2D eigenvalue weighted by atomic mass is 28.3. The molecule has 0 aromatic rings. The highest BCUT2D eigenvalue weighted by Crippen LogP contribution is 2.51. The highest BCUT2D eigenvalue weighted by Gasteiger charge is 2.60. The van der Waals surface area contributed by atoms with E-state index in [2.05, 4.69) is 24.5 Å². The quantitative estimate of drug-likeness (QED) is 0.757. The van der Waals surface area contributed by atoms with Gasteiger partial charge in [0.05, 0.1) is 25.6 Å². The Balaban J connectivity index is 2.55. The summed E-state index contributed by atoms with van der Waals surface area (Å²) in [5.41, 5.74) is -0.193. The molecule has 1 saturated carbocycles. The van der Waals surface area contributed by atoms with Crippen LogP contribution in [-0.4, -0.2) is 49.6 Å². The molecule has 1 unspecified atom stereocenters. The smallest absolute Gasteiger partial charge is 0.163 e. The summed E-state index contributed by atoms with van der Waals surface area (Å²) in [6.07, 6.45) is 3.04. The Morgan fingerprint density at radius 2 is 2.00 bits per heavy atom. The molecule has 1 fully saturated rings. The molecule has 0 amide bonds. The molecule has 0 saturated heterocycles. The normalized spacial score (nSPS) is 37.6. The number of nitrogens with zero attached hydrogens (tertiary/aromatic N) is 1. The Morgan fingerprint density at radius 3 is 2.47 bits per heavy atom. The standard InChI is InChI=1S/C13H23NO2Si/c1-14(2)13-7-6-9(15)12(13)10(16)8-11(13)17(3,4)5/h8-9,12,15H,6-7H2,1-5H3/t9-,12?,13-/m1/s1. The Bertz CT molecular complexity index is 383. The molecule has 0 radical (unpaired) electrons. The monoisotopic (exact) mass is 253 g/mol. The van der Waals surface area contributed by atoms with Crippen LogP contribution in [0.5, 0.6) is 0 Å². The number of likely N-dealkylation sites (N-methyl/N-ethyl adjacent to an activating group) is 1. The maximum absolute atomic E-state index is 12.2. The Morgan fingerprint density at radius 1 is 1.41 bits per heavy atom. The zero-order valence-corrected chi connectivity index (χ0v) is 12.4. The van der Waals surface area contributed by atoms with E-state index in [1.165, 1.54) is 5.20 Å². The van der Waals surface area contributed by atoms with Crippen LogP contribution in [0.2, 0.25) is 19.6 Å². The van der Waals surface area contributed by atoms with Crippen molar-refractivity contribution in [3.63, 3.8) is 0 Å². The third-order valence-electron chi connectivity index (χ3n) is 4.39. The van der Waals surface area contributed by atoms with Gasteiger partial charge in [0.15, 0.2) is 5.78 Å². The van der Waals surface area contributed by atoms with E-state index in [0.717, 1.165) is 12.8 Å². The molecule has 0 bridgehead atoms. The molecule has 3 atom stereocenters. The second kappa shape index (κ2) is 3.77. The summed E-state index contributed by atoms with van der Waals surface area (Å²) in [5, 5.41) is 11.4. The van der Waals surface area contributed by atoms with Crippen molar-refractivity contribution < 1.29 is 9.90 Å². The van der Waals surface area contributed by atoms with Gasteiger partial charge in [-0.2, -0.15) is 0 Å². The first-order valence-corrected chi connectivity index (χ1v) is 9.83. The molecule has 0 spiro atoms. The van der Waals surface area contributed by atoms with Gasteiger partial charge in [-0.15, -0.1) is 0 Å². The van der Waals surface area contributed by atoms with E-state index in [9.17, 15) is 9.90 Å². The minimum Gasteiger partial charge on any atom is -0.392 e. The van der Waals surface area contributed by atoms with Gasteiger partial charge in [-0.3, -0.25) is 9.69 Å².